The number of fused-ring (bicyclic) bond motifs is 1. The van der Waals surface area contributed by atoms with Gasteiger partial charge >= 0.3 is 18.0 Å². The van der Waals surface area contributed by atoms with Gasteiger partial charge in [0.25, 0.3) is 0 Å². The van der Waals surface area contributed by atoms with Crippen LogP contribution >= 0.6 is 24.0 Å². The Morgan fingerprint density at radius 2 is 1.98 bits per heavy atom. The molecule has 47 heavy (non-hydrogen) atoms. The minimum absolute atomic E-state index is 0. The monoisotopic (exact) mass is 689 g/mol. The lowest BCUT2D eigenvalue weighted by atomic mass is 10.00. The number of nitriles is 2. The summed E-state index contributed by atoms with van der Waals surface area (Å²) < 4.78 is 16.4. The second kappa shape index (κ2) is 16.5. The van der Waals surface area contributed by atoms with Crippen LogP contribution in [0, 0.1) is 22.7 Å². The zero-order valence-corrected chi connectivity index (χ0v) is 27.2. The number of alkyl carbamates (subject to hydrolysis) is 1. The number of aromatic nitrogens is 4. The van der Waals surface area contributed by atoms with Gasteiger partial charge in [-0.2, -0.15) is 20.0 Å². The summed E-state index contributed by atoms with van der Waals surface area (Å²) in [5.41, 5.74) is 7.30. The molecule has 1 amide bonds. The van der Waals surface area contributed by atoms with Crippen molar-refractivity contribution in [2.24, 2.45) is 5.73 Å². The molecule has 17 nitrogen and oxygen atoms in total. The number of carbonyl (C=O) groups excluding carboxylic acids is 3. The number of imidazole rings is 1. The number of hydrogen-bond acceptors (Lipinski definition) is 15. The second-order valence-electron chi connectivity index (χ2n) is 10.1. The van der Waals surface area contributed by atoms with Gasteiger partial charge in [0.1, 0.15) is 18.2 Å². The first kappa shape index (κ1) is 36.4. The molecule has 3 atom stereocenters. The van der Waals surface area contributed by atoms with Gasteiger partial charge in [-0.3, -0.25) is 9.59 Å². The average molecular weight is 691 g/mol. The molecule has 0 aliphatic carbocycles. The molecule has 5 N–H and O–H groups in total. The van der Waals surface area contributed by atoms with Gasteiger partial charge in [0, 0.05) is 19.5 Å². The summed E-state index contributed by atoms with van der Waals surface area (Å²) in [4.78, 5) is 47.0. The van der Waals surface area contributed by atoms with E-state index in [1.165, 1.54) is 31.0 Å². The van der Waals surface area contributed by atoms with Crippen molar-refractivity contribution in [1.29, 1.82) is 10.5 Å². The number of ether oxygens (including phenoxy) is 3. The van der Waals surface area contributed by atoms with Gasteiger partial charge in [-0.1, -0.05) is 11.6 Å². The van der Waals surface area contributed by atoms with Gasteiger partial charge in [-0.15, -0.1) is 17.5 Å². The molecule has 0 radical (unpaired) electrons. The number of nitrogens with zero attached hydrogens (tertiary/aromatic N) is 7. The molecule has 0 spiro atoms. The topological polar surface area (TPSA) is 235 Å². The molecule has 2 aromatic heterocycles. The van der Waals surface area contributed by atoms with E-state index in [4.69, 9.17) is 26.8 Å². The van der Waals surface area contributed by atoms with E-state index in [1.54, 1.807) is 6.07 Å². The Morgan fingerprint density at radius 3 is 2.64 bits per heavy atom. The second-order valence-corrected chi connectivity index (χ2v) is 10.5. The minimum atomic E-state index is -0.998. The number of esters is 2. The molecule has 1 fully saturated rings. The number of amides is 1. The first-order valence-electron chi connectivity index (χ1n) is 14.1. The molecule has 3 aromatic rings. The molecule has 3 heterocycles. The summed E-state index contributed by atoms with van der Waals surface area (Å²) >= 11 is 6.89. The molecule has 250 valence electrons. The fraction of sp³-hybridized carbons (Fsp3) is 0.429. The van der Waals surface area contributed by atoms with Crippen molar-refractivity contribution in [3.8, 4) is 12.1 Å². The maximum absolute atomic E-state index is 12.8. The summed E-state index contributed by atoms with van der Waals surface area (Å²) in [6.07, 6.45) is -0.0125. The number of hydrogen-bond donors (Lipinski definition) is 4. The van der Waals surface area contributed by atoms with Crippen LogP contribution in [0.5, 0.6) is 0 Å². The molecule has 4 rings (SSSR count). The molecular formula is C28H33Cl2N11O6. The van der Waals surface area contributed by atoms with Crippen LogP contribution in [0.25, 0.3) is 5.65 Å². The minimum Gasteiger partial charge on any atom is -0.468 e. The highest BCUT2D eigenvalue weighted by atomic mass is 35.5. The van der Waals surface area contributed by atoms with Gasteiger partial charge in [0.2, 0.25) is 5.95 Å². The quantitative estimate of drug-likeness (QED) is 0.167. The van der Waals surface area contributed by atoms with E-state index in [0.29, 0.717) is 42.4 Å². The van der Waals surface area contributed by atoms with Crippen molar-refractivity contribution >= 4 is 70.8 Å². The molecule has 1 saturated heterocycles. The van der Waals surface area contributed by atoms with Crippen LogP contribution in [0.2, 0.25) is 5.02 Å². The van der Waals surface area contributed by atoms with Crippen molar-refractivity contribution in [3.05, 3.63) is 34.6 Å². The van der Waals surface area contributed by atoms with E-state index in [0.717, 1.165) is 0 Å². The van der Waals surface area contributed by atoms with Crippen LogP contribution < -0.4 is 26.6 Å². The van der Waals surface area contributed by atoms with E-state index in [1.807, 2.05) is 17.9 Å². The van der Waals surface area contributed by atoms with Crippen molar-refractivity contribution in [1.82, 2.24) is 24.9 Å². The highest BCUT2D eigenvalue weighted by Crippen LogP contribution is 2.37. The predicted octanol–water partition coefficient (Wildman–Crippen LogP) is 2.25. The first-order valence-corrected chi connectivity index (χ1v) is 14.5. The smallest absolute Gasteiger partial charge is 0.407 e. The van der Waals surface area contributed by atoms with Gasteiger partial charge in [-0.05, 0) is 31.9 Å². The summed E-state index contributed by atoms with van der Waals surface area (Å²) in [5, 5.41) is 32.8. The van der Waals surface area contributed by atoms with Crippen molar-refractivity contribution in [3.63, 3.8) is 0 Å². The third kappa shape index (κ3) is 8.59. The number of nitrogens with two attached hydrogens (primary N) is 1. The number of nitrogens with one attached hydrogen (secondary N) is 3. The van der Waals surface area contributed by atoms with Gasteiger partial charge in [0.05, 0.1) is 61.0 Å². The van der Waals surface area contributed by atoms with Crippen LogP contribution in [-0.4, -0.2) is 89.7 Å². The molecule has 1 aromatic carbocycles. The van der Waals surface area contributed by atoms with E-state index in [-0.39, 0.29) is 54.0 Å². The number of anilines is 4. The third-order valence-corrected chi connectivity index (χ3v) is 7.48. The van der Waals surface area contributed by atoms with Crippen LogP contribution in [0.15, 0.2) is 18.3 Å². The number of carbonyl (C=O) groups is 3. The SMILES string of the molecule is CCNc1nc(Nc2cc(C#N)cc(N3CC[C@@H](NC(=O)OC)[C@H](OC(=O)CCC(N)C(=O)OC)C3)c2Cl)nn2c(C#N)cnc12.Cl. The maximum Gasteiger partial charge on any atom is 0.407 e. The molecule has 19 heteroatoms. The Labute approximate surface area is 280 Å². The largest absolute Gasteiger partial charge is 0.468 e. The Kier molecular flexibility index (Phi) is 12.7. The summed E-state index contributed by atoms with van der Waals surface area (Å²) in [7, 11) is 2.42. The van der Waals surface area contributed by atoms with Gasteiger partial charge in [0.15, 0.2) is 17.2 Å². The molecule has 1 aliphatic heterocycles. The maximum atomic E-state index is 12.8. The van der Waals surface area contributed by atoms with E-state index >= 15 is 0 Å². The zero-order chi connectivity index (χ0) is 33.4. The van der Waals surface area contributed by atoms with Crippen molar-refractivity contribution in [2.75, 3.05) is 49.4 Å². The fourth-order valence-corrected chi connectivity index (χ4v) is 5.09. The number of halogens is 2. The van der Waals surface area contributed by atoms with Gasteiger partial charge < -0.3 is 40.8 Å². The third-order valence-electron chi connectivity index (χ3n) is 7.08. The molecular weight excluding hydrogens is 657 g/mol. The summed E-state index contributed by atoms with van der Waals surface area (Å²) in [5.74, 6) is -0.829. The lowest BCUT2D eigenvalue weighted by Gasteiger charge is -2.39. The van der Waals surface area contributed by atoms with Crippen molar-refractivity contribution in [2.45, 2.75) is 44.4 Å². The van der Waals surface area contributed by atoms with E-state index in [9.17, 15) is 24.9 Å². The number of rotatable bonds is 11. The Balaban J connectivity index is 0.00000600. The summed E-state index contributed by atoms with van der Waals surface area (Å²) in [6, 6.07) is 5.66. The lowest BCUT2D eigenvalue weighted by molar-refractivity contribution is -0.151. The number of benzene rings is 1. The molecule has 0 saturated carbocycles. The normalized spacial score (nSPS) is 16.1. The molecule has 0 bridgehead atoms. The van der Waals surface area contributed by atoms with Crippen molar-refractivity contribution < 1.29 is 28.6 Å². The van der Waals surface area contributed by atoms with Crippen LogP contribution in [0.3, 0.4) is 0 Å². The Morgan fingerprint density at radius 1 is 1.21 bits per heavy atom. The van der Waals surface area contributed by atoms with Crippen LogP contribution in [0.4, 0.5) is 27.9 Å². The number of methoxy groups -OCH3 is 2. The standard InChI is InChI=1S/C28H32ClN11O6.ClH/c1-4-33-24-25-34-13-16(12-31)40(25)38-27(37-24)35-19-9-15(11-30)10-20(23(19)29)39-8-7-18(36-28(43)45-3)21(14-39)46-22(41)6-5-17(32)26(42)44-2;/h9-10,13,17-18,21H,4-8,14,32H2,1-3H3,(H,36,43)(H2,33,35,37,38);1H/t17?,18-,21-;/m1./s1. The molecule has 1 aliphatic rings. The highest BCUT2D eigenvalue weighted by molar-refractivity contribution is 6.36. The lowest BCUT2D eigenvalue weighted by Crippen LogP contribution is -2.55. The summed E-state index contributed by atoms with van der Waals surface area (Å²) in [6.45, 7) is 2.86. The highest BCUT2D eigenvalue weighted by Gasteiger charge is 2.35. The molecule has 1 unspecified atom stereocenters. The average Bonchev–Trinajstić information content (AvgIpc) is 3.48. The number of piperidine rings is 1. The first-order chi connectivity index (χ1) is 22.1. The zero-order valence-electron chi connectivity index (χ0n) is 25.7. The Bertz CT molecular complexity index is 1710. The predicted molar refractivity (Wildman–Crippen MR) is 172 cm³/mol. The van der Waals surface area contributed by atoms with Crippen LogP contribution in [-0.2, 0) is 23.8 Å². The van der Waals surface area contributed by atoms with E-state index in [2.05, 4.69) is 41.8 Å². The van der Waals surface area contributed by atoms with E-state index < -0.39 is 36.2 Å². The van der Waals surface area contributed by atoms with Gasteiger partial charge in [-0.25, -0.2) is 9.78 Å². The van der Waals surface area contributed by atoms with Crippen LogP contribution in [0.1, 0.15) is 37.4 Å². The fourth-order valence-electron chi connectivity index (χ4n) is 4.81. The Hall–Kier alpha value is -5.10.